The molecule has 3 aromatic heterocycles. The Bertz CT molecular complexity index is 4290. The molecule has 93 heavy (non-hydrogen) atoms. The fourth-order valence-electron chi connectivity index (χ4n) is 8.59. The van der Waals surface area contributed by atoms with Crippen LogP contribution in [0.5, 0.6) is 17.2 Å². The van der Waals surface area contributed by atoms with Crippen LogP contribution in [0.4, 0.5) is 22.8 Å². The molecule has 28 heteroatoms. The number of phenolic OH excluding ortho intramolecular Hbond substituents is 1. The van der Waals surface area contributed by atoms with E-state index in [0.717, 1.165) is 43.3 Å². The molecule has 0 radical (unpaired) electrons. The van der Waals surface area contributed by atoms with Crippen molar-refractivity contribution in [3.05, 3.63) is 182 Å². The highest BCUT2D eigenvalue weighted by atomic mass is 35.5. The van der Waals surface area contributed by atoms with Crippen LogP contribution in [0.15, 0.2) is 179 Å². The summed E-state index contributed by atoms with van der Waals surface area (Å²) < 4.78 is 148. The van der Waals surface area contributed by atoms with Crippen LogP contribution in [0.2, 0.25) is 0 Å². The maximum absolute atomic E-state index is 14.1. The summed E-state index contributed by atoms with van der Waals surface area (Å²) in [6.07, 6.45) is 5.77. The minimum atomic E-state index is -4.12. The van der Waals surface area contributed by atoms with Gasteiger partial charge in [-0.2, -0.15) is 0 Å². The van der Waals surface area contributed by atoms with Gasteiger partial charge in [0.2, 0.25) is 0 Å². The largest absolute Gasteiger partial charge is 0.507 e. The van der Waals surface area contributed by atoms with Gasteiger partial charge in [-0.15, -0.1) is 12.4 Å². The Morgan fingerprint density at radius 2 is 0.882 bits per heavy atom. The molecule has 4 heterocycles. The van der Waals surface area contributed by atoms with Crippen LogP contribution in [0, 0.1) is 17.5 Å². The Morgan fingerprint density at radius 3 is 1.24 bits per heavy atom. The maximum atomic E-state index is 14.1. The predicted octanol–water partition coefficient (Wildman–Crippen LogP) is 11.7. The number of amides is 2. The summed E-state index contributed by atoms with van der Waals surface area (Å²) in [4.78, 5) is 24.8. The number of benzene rings is 6. The third-order valence-corrected chi connectivity index (χ3v) is 18.2. The SMILES string of the molecule is C1CCOC1.CN(CCO)C(=O)OC(C)(C)C.CN(CCOc1cccc2c1ccn2S(=O)(=O)c1ccccc1F)C(=O)OC(C)(C)C.CNCCOc1cccc2c1ccn2S(=O)(=O)c1ccccc1F.Cl.O=S(=O)(c1ccccc1F)n1ccc2c(O)cccc21. The summed E-state index contributed by atoms with van der Waals surface area (Å²) in [5, 5.41) is 22.8. The molecule has 6 aromatic carbocycles. The smallest absolute Gasteiger partial charge is 0.410 e. The summed E-state index contributed by atoms with van der Waals surface area (Å²) >= 11 is 0. The van der Waals surface area contributed by atoms with E-state index in [0.29, 0.717) is 63.9 Å². The molecule has 1 aliphatic rings. The second kappa shape index (κ2) is 33.5. The molecule has 0 unspecified atom stereocenters. The molecule has 10 rings (SSSR count). The lowest BCUT2D eigenvalue weighted by atomic mass is 10.2. The zero-order valence-electron chi connectivity index (χ0n) is 52.9. The number of rotatable bonds is 16. The number of aliphatic hydroxyl groups is 1. The zero-order valence-corrected chi connectivity index (χ0v) is 56.1. The standard InChI is InChI=1S/C22H25FN2O5S.C17H17FN2O3S.C14H10FNO3S.C8H17NO3.C4H8O.ClH/c1-22(2,3)30-21(26)24(4)14-15-29-19-10-7-9-18-16(19)12-13-25(18)31(27,28)20-11-6-5-8-17(20)23;1-19-10-12-23-16-7-4-6-15-13(16)9-11-20(15)24(21,22)17-8-3-2-5-14(17)18;15-11-4-1-2-7-14(11)20(18,19)16-9-8-10-12(16)5-3-6-13(10)17;1-8(2,3)12-7(11)9(4)5-6-10;1-2-4-5-3-1;/h5-13H,14-15H2,1-4H3;2-9,11,19H,10,12H2,1H3;1-9,17H;10H,5-6H2,1-4H3;1-4H2;1H. The Hall–Kier alpha value is -8.31. The summed E-state index contributed by atoms with van der Waals surface area (Å²) in [6.45, 7) is 14.6. The fraction of sp³-hybridized carbons (Fsp3) is 0.323. The van der Waals surface area contributed by atoms with E-state index in [2.05, 4.69) is 5.32 Å². The molecule has 504 valence electrons. The lowest BCUT2D eigenvalue weighted by Gasteiger charge is -2.24. The first-order valence-electron chi connectivity index (χ1n) is 28.9. The van der Waals surface area contributed by atoms with E-state index in [-0.39, 0.29) is 42.8 Å². The molecule has 1 saturated heterocycles. The van der Waals surface area contributed by atoms with Gasteiger partial charge in [-0.3, -0.25) is 0 Å². The summed E-state index contributed by atoms with van der Waals surface area (Å²) in [5.74, 6) is -1.38. The van der Waals surface area contributed by atoms with Gasteiger partial charge in [-0.25, -0.2) is 59.9 Å². The Labute approximate surface area is 546 Å². The molecule has 0 atom stereocenters. The number of aromatic hydroxyl groups is 1. The second-order valence-electron chi connectivity index (χ2n) is 22.4. The Kier molecular flexibility index (Phi) is 27.2. The first-order chi connectivity index (χ1) is 43.4. The van der Waals surface area contributed by atoms with Gasteiger partial charge in [0, 0.05) is 75.1 Å². The van der Waals surface area contributed by atoms with Crippen LogP contribution in [-0.4, -0.2) is 154 Å². The van der Waals surface area contributed by atoms with Crippen LogP contribution in [0.1, 0.15) is 54.4 Å². The highest BCUT2D eigenvalue weighted by Crippen LogP contribution is 2.33. The normalized spacial score (nSPS) is 12.3. The van der Waals surface area contributed by atoms with Crippen molar-refractivity contribution in [2.75, 3.05) is 73.8 Å². The van der Waals surface area contributed by atoms with Gasteiger partial charge in [-0.05, 0) is 152 Å². The van der Waals surface area contributed by atoms with Gasteiger partial charge in [-0.1, -0.05) is 54.6 Å². The number of phenols is 1. The molecule has 2 amide bonds. The van der Waals surface area contributed by atoms with E-state index < -0.39 is 80.7 Å². The van der Waals surface area contributed by atoms with Crippen molar-refractivity contribution in [2.24, 2.45) is 0 Å². The van der Waals surface area contributed by atoms with E-state index in [1.54, 1.807) is 110 Å². The van der Waals surface area contributed by atoms with Gasteiger partial charge in [0.1, 0.15) is 73.8 Å². The first-order valence-corrected chi connectivity index (χ1v) is 33.2. The number of fused-ring (bicyclic) bond motifs is 3. The number of carbonyl (C=O) groups excluding carboxylic acids is 2. The van der Waals surface area contributed by atoms with Crippen LogP contribution in [0.25, 0.3) is 32.7 Å². The first kappa shape index (κ1) is 75.4. The second-order valence-corrected chi connectivity index (χ2v) is 27.7. The van der Waals surface area contributed by atoms with E-state index in [1.165, 1.54) is 114 Å². The predicted molar refractivity (Wildman–Crippen MR) is 351 cm³/mol. The van der Waals surface area contributed by atoms with Crippen molar-refractivity contribution in [1.29, 1.82) is 0 Å². The van der Waals surface area contributed by atoms with Crippen LogP contribution in [-0.2, 0) is 44.3 Å². The number of nitrogens with one attached hydrogen (secondary N) is 1. The highest BCUT2D eigenvalue weighted by molar-refractivity contribution is 7.90. The lowest BCUT2D eigenvalue weighted by molar-refractivity contribution is 0.0265. The summed E-state index contributed by atoms with van der Waals surface area (Å²) in [6, 6.07) is 35.2. The number of hydrogen-bond acceptors (Lipinski definition) is 16. The fourth-order valence-corrected chi connectivity index (χ4v) is 12.8. The van der Waals surface area contributed by atoms with E-state index in [1.807, 2.05) is 7.05 Å². The molecule has 21 nitrogen and oxygen atoms in total. The third kappa shape index (κ3) is 20.1. The van der Waals surface area contributed by atoms with E-state index in [4.69, 9.17) is 28.8 Å². The van der Waals surface area contributed by atoms with E-state index in [9.17, 15) is 53.1 Å². The molecule has 0 spiro atoms. The summed E-state index contributed by atoms with van der Waals surface area (Å²) in [7, 11) is -7.16. The van der Waals surface area contributed by atoms with Gasteiger partial charge < -0.3 is 49.0 Å². The number of likely N-dealkylation sites (N-methyl/N-ethyl adjacent to an activating group) is 3. The maximum Gasteiger partial charge on any atom is 0.410 e. The molecule has 3 N–H and O–H groups in total. The highest BCUT2D eigenvalue weighted by Gasteiger charge is 2.27. The number of ether oxygens (including phenoxy) is 5. The number of halogens is 4. The van der Waals surface area contributed by atoms with Crippen molar-refractivity contribution >= 4 is 87.4 Å². The molecular weight excluding hydrogens is 1290 g/mol. The van der Waals surface area contributed by atoms with Gasteiger partial charge in [0.15, 0.2) is 0 Å². The zero-order chi connectivity index (χ0) is 67.6. The quantitative estimate of drug-likeness (QED) is 0.0760. The van der Waals surface area contributed by atoms with Crippen molar-refractivity contribution in [3.63, 3.8) is 0 Å². The van der Waals surface area contributed by atoms with Gasteiger partial charge in [0.05, 0.1) is 29.7 Å². The average molecular weight is 1370 g/mol. The topological polar surface area (TPSA) is 256 Å². The average Bonchev–Trinajstić information content (AvgIpc) is 1.71. The van der Waals surface area contributed by atoms with Crippen molar-refractivity contribution in [3.8, 4) is 17.2 Å². The molecule has 0 aliphatic carbocycles. The molecule has 0 bridgehead atoms. The Balaban J connectivity index is 0.000000227. The molecule has 9 aromatic rings. The van der Waals surface area contributed by atoms with Crippen LogP contribution < -0.4 is 14.8 Å². The van der Waals surface area contributed by atoms with Crippen molar-refractivity contribution < 1.29 is 81.9 Å². The monoisotopic (exact) mass is 1370 g/mol. The van der Waals surface area contributed by atoms with Crippen molar-refractivity contribution in [1.82, 2.24) is 27.0 Å². The minimum absolute atomic E-state index is 0. The number of aromatic nitrogens is 3. The summed E-state index contributed by atoms with van der Waals surface area (Å²) in [5.41, 5.74) is 0.0420. The Morgan fingerprint density at radius 1 is 0.527 bits per heavy atom. The molecule has 1 aliphatic heterocycles. The molecular formula is C65H78ClF3N6O15S3. The number of aliphatic hydroxyl groups excluding tert-OH is 1. The van der Waals surface area contributed by atoms with E-state index >= 15 is 0 Å². The van der Waals surface area contributed by atoms with Crippen LogP contribution in [0.3, 0.4) is 0 Å². The number of nitrogens with zero attached hydrogens (tertiary/aromatic N) is 5. The molecule has 1 fully saturated rings. The van der Waals surface area contributed by atoms with Gasteiger partial charge >= 0.3 is 12.2 Å². The minimum Gasteiger partial charge on any atom is -0.507 e. The van der Waals surface area contributed by atoms with Crippen LogP contribution >= 0.6 is 12.4 Å². The third-order valence-electron chi connectivity index (χ3n) is 13.1. The number of hydrogen-bond donors (Lipinski definition) is 3. The lowest BCUT2D eigenvalue weighted by Crippen LogP contribution is -2.36. The van der Waals surface area contributed by atoms with Gasteiger partial charge in [0.25, 0.3) is 30.1 Å². The van der Waals surface area contributed by atoms with Crippen molar-refractivity contribution in [2.45, 2.75) is 80.3 Å². The number of carbonyl (C=O) groups is 2. The molecule has 0 saturated carbocycles.